The first-order valence-corrected chi connectivity index (χ1v) is 2.23. The van der Waals surface area contributed by atoms with E-state index in [0.717, 1.165) is 0 Å². The van der Waals surface area contributed by atoms with Crippen LogP contribution in [-0.2, 0) is 4.29 Å². The predicted molar refractivity (Wildman–Crippen MR) is 29.1 cm³/mol. The number of halogens is 1. The van der Waals surface area contributed by atoms with E-state index in [1.807, 2.05) is 0 Å². The first kappa shape index (κ1) is 11.3. The van der Waals surface area contributed by atoms with E-state index in [9.17, 15) is 0 Å². The molecule has 0 heterocycles. The maximum absolute atomic E-state index is 9.01. The third-order valence-corrected chi connectivity index (χ3v) is 0.298. The third-order valence-electron chi connectivity index (χ3n) is 0.166. The second-order valence-corrected chi connectivity index (χ2v) is 0.945. The van der Waals surface area contributed by atoms with Gasteiger partial charge in [0.25, 0.3) is 0 Å². The molecule has 0 atom stereocenters. The van der Waals surface area contributed by atoms with E-state index in [1.54, 1.807) is 0 Å². The Hall–Kier alpha value is -0.520. The van der Waals surface area contributed by atoms with Gasteiger partial charge in [0.2, 0.25) is 0 Å². The number of rotatable bonds is 1. The molecule has 0 aliphatic heterocycles. The molecule has 0 aromatic carbocycles. The summed E-state index contributed by atoms with van der Waals surface area (Å²) < 4.78 is 3.14. The average molecular weight is 159 g/mol. The molecule has 0 radical (unpaired) electrons. The molecule has 0 aromatic rings. The number of hydrogen-bond donors (Lipinski definition) is 3. The highest BCUT2D eigenvalue weighted by atomic mass is 35.5. The number of carboxylic acid groups (broad SMARTS) is 1. The van der Waals surface area contributed by atoms with Crippen LogP contribution in [0.3, 0.4) is 0 Å². The van der Waals surface area contributed by atoms with Crippen molar-refractivity contribution in [3.8, 4) is 0 Å². The molecule has 0 fully saturated rings. The zero-order valence-electron chi connectivity index (χ0n) is 4.45. The van der Waals surface area contributed by atoms with Gasteiger partial charge in [0.05, 0.1) is 13.2 Å². The van der Waals surface area contributed by atoms with Crippen LogP contribution >= 0.6 is 11.9 Å². The Labute approximate surface area is 56.6 Å². The minimum absolute atomic E-state index is 0.125. The Kier molecular flexibility index (Phi) is 13.1. The highest BCUT2D eigenvalue weighted by Gasteiger charge is 1.84. The fourth-order valence-electron chi connectivity index (χ4n) is 0. The molecular weight excluding hydrogens is 151 g/mol. The fourth-order valence-corrected chi connectivity index (χ4v) is 0. The summed E-state index contributed by atoms with van der Waals surface area (Å²) in [5.74, 6) is 0. The van der Waals surface area contributed by atoms with Crippen molar-refractivity contribution in [1.82, 2.24) is 0 Å². The van der Waals surface area contributed by atoms with Crippen molar-refractivity contribution in [1.29, 1.82) is 0 Å². The molecule has 0 spiro atoms. The van der Waals surface area contributed by atoms with E-state index in [0.29, 0.717) is 0 Å². The lowest BCUT2D eigenvalue weighted by molar-refractivity contribution is 0.149. The van der Waals surface area contributed by atoms with Gasteiger partial charge < -0.3 is 19.6 Å². The maximum atomic E-state index is 9.01. The van der Waals surface area contributed by atoms with E-state index in [2.05, 4.69) is 16.2 Å². The van der Waals surface area contributed by atoms with Gasteiger partial charge in [0, 0.05) is 0 Å². The summed E-state index contributed by atoms with van der Waals surface area (Å²) in [6.45, 7) is -0.250. The van der Waals surface area contributed by atoms with Crippen molar-refractivity contribution < 1.29 is 24.4 Å². The van der Waals surface area contributed by atoms with Gasteiger partial charge in [-0.3, -0.25) is 0 Å². The molecule has 5 nitrogen and oxygen atoms in total. The van der Waals surface area contributed by atoms with Crippen LogP contribution in [0, 0.1) is 0 Å². The summed E-state index contributed by atoms with van der Waals surface area (Å²) in [5, 5.41) is 22.6. The van der Waals surface area contributed by atoms with Crippen LogP contribution in [0.25, 0.3) is 0 Å². The molecule has 0 rings (SSSR count). The Balaban J connectivity index is 0. The van der Waals surface area contributed by atoms with E-state index in [4.69, 9.17) is 20.1 Å². The molecule has 0 aromatic heterocycles. The lowest BCUT2D eigenvalue weighted by Gasteiger charge is -1.73. The monoisotopic (exact) mass is 158 g/mol. The van der Waals surface area contributed by atoms with Crippen molar-refractivity contribution >= 4 is 18.0 Å². The van der Waals surface area contributed by atoms with Gasteiger partial charge in [0.1, 0.15) is 11.9 Å². The lowest BCUT2D eigenvalue weighted by atomic mass is 10.8. The molecule has 0 unspecified atom stereocenters. The normalized spacial score (nSPS) is 7.00. The van der Waals surface area contributed by atoms with Gasteiger partial charge in [-0.25, -0.2) is 4.79 Å². The summed E-state index contributed by atoms with van der Waals surface area (Å²) in [6.07, 6.45) is -1.48. The molecule has 0 saturated carbocycles. The van der Waals surface area contributed by atoms with Crippen molar-refractivity contribution in [2.24, 2.45) is 0 Å². The lowest BCUT2D eigenvalue weighted by Crippen LogP contribution is -1.85. The van der Waals surface area contributed by atoms with Crippen LogP contribution in [0.4, 0.5) is 4.79 Å². The van der Waals surface area contributed by atoms with E-state index >= 15 is 0 Å². The molecule has 0 saturated heterocycles. The van der Waals surface area contributed by atoms with Gasteiger partial charge in [-0.15, -0.1) is 0 Å². The second kappa shape index (κ2) is 10.5. The smallest absolute Gasteiger partial charge is 0.449 e. The minimum atomic E-state index is -1.48. The number of aliphatic hydroxyl groups is 2. The summed E-state index contributed by atoms with van der Waals surface area (Å²) in [5.41, 5.74) is 0. The van der Waals surface area contributed by atoms with Crippen LogP contribution in [0.15, 0.2) is 0 Å². The van der Waals surface area contributed by atoms with Crippen LogP contribution in [0.2, 0.25) is 0 Å². The topological polar surface area (TPSA) is 87.0 Å². The van der Waals surface area contributed by atoms with Gasteiger partial charge in [-0.2, -0.15) is 0 Å². The zero-order valence-corrected chi connectivity index (χ0v) is 5.21. The Morgan fingerprint density at radius 2 is 1.67 bits per heavy atom. The zero-order chi connectivity index (χ0) is 7.70. The summed E-state index contributed by atoms with van der Waals surface area (Å²) >= 11 is 4.24. The molecule has 0 amide bonds. The van der Waals surface area contributed by atoms with Gasteiger partial charge in [-0.05, 0) is 0 Å². The van der Waals surface area contributed by atoms with Crippen LogP contribution in [0.5, 0.6) is 0 Å². The Bertz CT molecular complexity index is 63.2. The summed E-state index contributed by atoms with van der Waals surface area (Å²) in [7, 11) is 0. The molecule has 0 aliphatic carbocycles. The predicted octanol–water partition coefficient (Wildman–Crippen LogP) is -0.194. The number of aliphatic hydroxyl groups excluding tert-OH is 2. The molecule has 9 heavy (non-hydrogen) atoms. The molecular formula is C3H7ClO5. The van der Waals surface area contributed by atoms with Crippen LogP contribution in [-0.4, -0.2) is 34.7 Å². The summed E-state index contributed by atoms with van der Waals surface area (Å²) in [4.78, 5) is 9.01. The van der Waals surface area contributed by atoms with Crippen LogP contribution in [0.1, 0.15) is 0 Å². The quantitative estimate of drug-likeness (QED) is 0.492. The molecule has 56 valence electrons. The fraction of sp³-hybridized carbons (Fsp3) is 0.667. The largest absolute Gasteiger partial charge is 0.524 e. The van der Waals surface area contributed by atoms with Crippen molar-refractivity contribution in [2.75, 3.05) is 13.2 Å². The molecule has 6 heteroatoms. The molecule has 0 bridgehead atoms. The van der Waals surface area contributed by atoms with Crippen molar-refractivity contribution in [2.45, 2.75) is 0 Å². The first-order chi connectivity index (χ1) is 4.18. The van der Waals surface area contributed by atoms with Gasteiger partial charge in [-0.1, -0.05) is 0 Å². The first-order valence-electron chi connectivity index (χ1n) is 1.92. The van der Waals surface area contributed by atoms with Gasteiger partial charge >= 0.3 is 6.16 Å². The second-order valence-electron chi connectivity index (χ2n) is 0.790. The Morgan fingerprint density at radius 1 is 1.44 bits per heavy atom. The number of hydrogen-bond acceptors (Lipinski definition) is 4. The minimum Gasteiger partial charge on any atom is -0.449 e. The maximum Gasteiger partial charge on any atom is 0.524 e. The SMILES string of the molecule is O=C(O)OCl.OCCO. The molecule has 0 aliphatic rings. The standard InChI is InChI=1S/C2H6O2.CHClO3/c3-1-2-4;2-5-1(3)4/h3-4H,1-2H2;(H,3,4). The van der Waals surface area contributed by atoms with E-state index < -0.39 is 6.16 Å². The highest BCUT2D eigenvalue weighted by molar-refractivity contribution is 6.12. The van der Waals surface area contributed by atoms with E-state index in [-0.39, 0.29) is 13.2 Å². The van der Waals surface area contributed by atoms with Crippen LogP contribution < -0.4 is 0 Å². The van der Waals surface area contributed by atoms with Crippen molar-refractivity contribution in [3.05, 3.63) is 0 Å². The number of carbonyl (C=O) groups is 1. The van der Waals surface area contributed by atoms with E-state index in [1.165, 1.54) is 0 Å². The highest BCUT2D eigenvalue weighted by Crippen LogP contribution is 1.75. The summed E-state index contributed by atoms with van der Waals surface area (Å²) in [6, 6.07) is 0. The third kappa shape index (κ3) is 36.5. The van der Waals surface area contributed by atoms with Gasteiger partial charge in [0.15, 0.2) is 0 Å². The molecule has 3 N–H and O–H groups in total. The average Bonchev–Trinajstić information content (AvgIpc) is 1.89. The van der Waals surface area contributed by atoms with Crippen molar-refractivity contribution in [3.63, 3.8) is 0 Å². The Morgan fingerprint density at radius 3 is 1.67 bits per heavy atom.